The van der Waals surface area contributed by atoms with Crippen LogP contribution in [0.15, 0.2) is 29.2 Å². The Bertz CT molecular complexity index is 540. The maximum atomic E-state index is 11.6. The number of hydrogen-bond acceptors (Lipinski definition) is 7. The maximum absolute atomic E-state index is 11.6. The first kappa shape index (κ1) is 14.2. The predicted molar refractivity (Wildman–Crippen MR) is 57.7 cm³/mol. The Balaban J connectivity index is 3.31. The van der Waals surface area contributed by atoms with Crippen molar-refractivity contribution in [3.05, 3.63) is 24.3 Å². The normalized spacial score (nSPS) is 15.7. The topological polar surface area (TPSA) is 144 Å². The van der Waals surface area contributed by atoms with Crippen LogP contribution < -0.4 is 5.73 Å². The molecular weight excluding hydrogens is 292 g/mol. The molecule has 1 aromatic carbocycles. The molecule has 1 aromatic rings. The van der Waals surface area contributed by atoms with Crippen molar-refractivity contribution in [2.45, 2.75) is 4.90 Å². The standard InChI is InChI=1S/C6H8N2O6S3/c7-5-1-3-6(4-2-5)17(13,14)8(15(9)10)16(11)12/h1-4H,7H2,(H,9,10)(H,11,12)/p-2. The lowest BCUT2D eigenvalue weighted by molar-refractivity contribution is 0.479. The van der Waals surface area contributed by atoms with Crippen LogP contribution in [0.2, 0.25) is 0 Å². The molecule has 0 heterocycles. The van der Waals surface area contributed by atoms with Gasteiger partial charge in [0.15, 0.2) is 0 Å². The van der Waals surface area contributed by atoms with E-state index >= 15 is 0 Å². The number of nitrogen functional groups attached to an aromatic ring is 1. The van der Waals surface area contributed by atoms with Crippen LogP contribution in [0.4, 0.5) is 5.69 Å². The van der Waals surface area contributed by atoms with Gasteiger partial charge in [-0.05, 0) is 24.3 Å². The van der Waals surface area contributed by atoms with Crippen LogP contribution in [-0.2, 0) is 32.6 Å². The van der Waals surface area contributed by atoms with Crippen LogP contribution in [0.5, 0.6) is 0 Å². The average molecular weight is 298 g/mol. The molecule has 8 nitrogen and oxygen atoms in total. The lowest BCUT2D eigenvalue weighted by atomic mass is 10.3. The Morgan fingerprint density at radius 2 is 1.47 bits per heavy atom. The van der Waals surface area contributed by atoms with Gasteiger partial charge in [0, 0.05) is 28.2 Å². The molecule has 11 heteroatoms. The summed E-state index contributed by atoms with van der Waals surface area (Å²) in [5, 5.41) is 0. The fourth-order valence-electron chi connectivity index (χ4n) is 0.936. The molecule has 0 bridgehead atoms. The first-order valence-corrected chi connectivity index (χ1v) is 7.37. The van der Waals surface area contributed by atoms with Gasteiger partial charge in [0.2, 0.25) is 0 Å². The van der Waals surface area contributed by atoms with Crippen molar-refractivity contribution >= 4 is 38.2 Å². The van der Waals surface area contributed by atoms with Gasteiger partial charge in [-0.25, -0.2) is 8.42 Å². The number of benzene rings is 1. The minimum Gasteiger partial charge on any atom is -0.758 e. The number of rotatable bonds is 4. The molecular formula is C6H6N2O6S3-2. The van der Waals surface area contributed by atoms with E-state index < -0.39 is 40.6 Å². The van der Waals surface area contributed by atoms with E-state index in [-0.39, 0.29) is 5.69 Å². The first-order valence-electron chi connectivity index (χ1n) is 3.86. The zero-order valence-corrected chi connectivity index (χ0v) is 10.5. The van der Waals surface area contributed by atoms with E-state index in [2.05, 4.69) is 0 Å². The number of sulfonamides is 1. The molecule has 96 valence electrons. The summed E-state index contributed by atoms with van der Waals surface area (Å²) in [7, 11) is -4.66. The number of hydrogen-bond donors (Lipinski definition) is 1. The zero-order chi connectivity index (χ0) is 13.2. The second-order valence-electron chi connectivity index (χ2n) is 2.70. The Morgan fingerprint density at radius 3 is 1.82 bits per heavy atom. The van der Waals surface area contributed by atoms with Crippen LogP contribution in [0.1, 0.15) is 0 Å². The lowest BCUT2D eigenvalue weighted by Crippen LogP contribution is -2.34. The van der Waals surface area contributed by atoms with Crippen molar-refractivity contribution in [1.29, 1.82) is 0 Å². The van der Waals surface area contributed by atoms with E-state index in [1.165, 1.54) is 12.1 Å². The highest BCUT2D eigenvalue weighted by Crippen LogP contribution is 2.19. The van der Waals surface area contributed by atoms with Gasteiger partial charge >= 0.3 is 0 Å². The van der Waals surface area contributed by atoms with Gasteiger partial charge in [0.1, 0.15) is 0 Å². The summed E-state index contributed by atoms with van der Waals surface area (Å²) in [6, 6.07) is 4.40. The Labute approximate surface area is 102 Å². The quantitative estimate of drug-likeness (QED) is 0.545. The Morgan fingerprint density at radius 1 is 1.06 bits per heavy atom. The van der Waals surface area contributed by atoms with Gasteiger partial charge in [0.25, 0.3) is 10.0 Å². The van der Waals surface area contributed by atoms with E-state index in [1.807, 2.05) is 0 Å². The van der Waals surface area contributed by atoms with E-state index in [0.29, 0.717) is 0 Å². The van der Waals surface area contributed by atoms with Crippen molar-refractivity contribution in [1.82, 2.24) is 3.12 Å². The Hall–Kier alpha value is -0.850. The van der Waals surface area contributed by atoms with Gasteiger partial charge in [0.05, 0.1) is 4.90 Å². The van der Waals surface area contributed by atoms with Crippen LogP contribution >= 0.6 is 0 Å². The summed E-state index contributed by atoms with van der Waals surface area (Å²) in [4.78, 5) is -0.500. The van der Waals surface area contributed by atoms with Crippen LogP contribution in [-0.4, -0.2) is 29.1 Å². The third-order valence-corrected chi connectivity index (χ3v) is 6.00. The summed E-state index contributed by atoms with van der Waals surface area (Å²) < 4.78 is 64.8. The van der Waals surface area contributed by atoms with Crippen LogP contribution in [0.25, 0.3) is 0 Å². The van der Waals surface area contributed by atoms with Gasteiger partial charge in [-0.3, -0.25) is 8.42 Å². The summed E-state index contributed by atoms with van der Waals surface area (Å²) in [5.41, 5.74) is 5.57. The fraction of sp³-hybridized carbons (Fsp3) is 0. The molecule has 1 rings (SSSR count). The maximum Gasteiger partial charge on any atom is 0.264 e. The number of nitrogens with zero attached hydrogens (tertiary/aromatic N) is 1. The molecule has 17 heavy (non-hydrogen) atoms. The third kappa shape index (κ3) is 3.08. The second kappa shape index (κ2) is 5.20. The minimum absolute atomic E-state index is 0.252. The summed E-state index contributed by atoms with van der Waals surface area (Å²) in [6.45, 7) is 0. The summed E-state index contributed by atoms with van der Waals surface area (Å²) in [6.07, 6.45) is 0. The van der Waals surface area contributed by atoms with Gasteiger partial charge in [-0.1, -0.05) is 3.12 Å². The third-order valence-electron chi connectivity index (χ3n) is 1.62. The zero-order valence-electron chi connectivity index (χ0n) is 8.01. The summed E-state index contributed by atoms with van der Waals surface area (Å²) >= 11 is -6.91. The number of nitrogens with two attached hydrogens (primary N) is 1. The van der Waals surface area contributed by atoms with E-state index in [9.17, 15) is 25.9 Å². The second-order valence-corrected chi connectivity index (χ2v) is 6.78. The molecule has 0 saturated carbocycles. The van der Waals surface area contributed by atoms with E-state index in [4.69, 9.17) is 5.73 Å². The van der Waals surface area contributed by atoms with Crippen LogP contribution in [0, 0.1) is 0 Å². The Kier molecular flexibility index (Phi) is 4.35. The summed E-state index contributed by atoms with van der Waals surface area (Å²) in [5.74, 6) is 0. The fourth-order valence-corrected chi connectivity index (χ4v) is 3.78. The SMILES string of the molecule is Nc1ccc(S(=O)(=O)N(S(=O)[O-])S(=O)[O-])cc1. The van der Waals surface area contributed by atoms with Crippen molar-refractivity contribution in [3.63, 3.8) is 0 Å². The molecule has 0 radical (unpaired) electrons. The largest absolute Gasteiger partial charge is 0.758 e. The monoisotopic (exact) mass is 298 g/mol. The molecule has 0 aromatic heterocycles. The predicted octanol–water partition coefficient (Wildman–Crippen LogP) is -1.15. The average Bonchev–Trinajstić information content (AvgIpc) is 2.16. The number of anilines is 1. The molecule has 0 saturated heterocycles. The lowest BCUT2D eigenvalue weighted by Gasteiger charge is -2.24. The van der Waals surface area contributed by atoms with Crippen molar-refractivity contribution in [2.75, 3.05) is 5.73 Å². The molecule has 0 spiro atoms. The van der Waals surface area contributed by atoms with E-state index in [0.717, 1.165) is 12.1 Å². The highest BCUT2D eigenvalue weighted by molar-refractivity contribution is 8.10. The highest BCUT2D eigenvalue weighted by Gasteiger charge is 2.26. The molecule has 0 aliphatic heterocycles. The molecule has 2 N–H and O–H groups in total. The van der Waals surface area contributed by atoms with Crippen molar-refractivity contribution in [3.8, 4) is 0 Å². The molecule has 0 amide bonds. The van der Waals surface area contributed by atoms with Gasteiger partial charge < -0.3 is 14.8 Å². The molecule has 0 fully saturated rings. The molecule has 2 unspecified atom stereocenters. The molecule has 0 aliphatic rings. The molecule has 0 aliphatic carbocycles. The minimum atomic E-state index is -4.66. The van der Waals surface area contributed by atoms with E-state index in [1.54, 1.807) is 0 Å². The van der Waals surface area contributed by atoms with Crippen molar-refractivity contribution < 1.29 is 25.9 Å². The van der Waals surface area contributed by atoms with Crippen molar-refractivity contribution in [2.24, 2.45) is 0 Å². The smallest absolute Gasteiger partial charge is 0.264 e. The van der Waals surface area contributed by atoms with Gasteiger partial charge in [-0.2, -0.15) is 0 Å². The first-order chi connectivity index (χ1) is 7.76. The molecule has 2 atom stereocenters. The van der Waals surface area contributed by atoms with Crippen LogP contribution in [0.3, 0.4) is 0 Å². The highest BCUT2D eigenvalue weighted by atomic mass is 32.3. The van der Waals surface area contributed by atoms with Gasteiger partial charge in [-0.15, -0.1) is 0 Å².